The lowest BCUT2D eigenvalue weighted by Gasteiger charge is -2.26. The van der Waals surface area contributed by atoms with Gasteiger partial charge in [0.05, 0.1) is 0 Å². The van der Waals surface area contributed by atoms with Crippen molar-refractivity contribution in [2.75, 3.05) is 26.2 Å². The fraction of sp³-hybridized carbons (Fsp3) is 0.636. The molecule has 27 heavy (non-hydrogen) atoms. The zero-order valence-corrected chi connectivity index (χ0v) is 16.8. The quantitative estimate of drug-likeness (QED) is 0.734. The first-order valence-electron chi connectivity index (χ1n) is 10.3. The number of hydrogen-bond acceptors (Lipinski definition) is 5. The van der Waals surface area contributed by atoms with E-state index in [0.29, 0.717) is 17.6 Å². The zero-order valence-electron chi connectivity index (χ0n) is 16.8. The van der Waals surface area contributed by atoms with Gasteiger partial charge in [-0.15, -0.1) is 0 Å². The van der Waals surface area contributed by atoms with Crippen molar-refractivity contribution in [1.29, 1.82) is 0 Å². The lowest BCUT2D eigenvalue weighted by atomic mass is 9.97. The highest BCUT2D eigenvalue weighted by Crippen LogP contribution is 2.45. The molecular formula is C22H31N3O2. The zero-order chi connectivity index (χ0) is 18.9. The number of likely N-dealkylation sites (tertiary alicyclic amines) is 1. The molecule has 1 saturated carbocycles. The van der Waals surface area contributed by atoms with Crippen LogP contribution >= 0.6 is 0 Å². The molecule has 1 saturated heterocycles. The third-order valence-corrected chi connectivity index (χ3v) is 5.47. The molecule has 5 heteroatoms. The first-order chi connectivity index (χ1) is 13.0. The van der Waals surface area contributed by atoms with Crippen LogP contribution in [0.1, 0.15) is 70.2 Å². The largest absolute Gasteiger partial charge is 0.492 e. The second-order valence-electron chi connectivity index (χ2n) is 8.95. The predicted octanol–water partition coefficient (Wildman–Crippen LogP) is 4.78. The van der Waals surface area contributed by atoms with Crippen molar-refractivity contribution >= 4 is 0 Å². The van der Waals surface area contributed by atoms with Crippen molar-refractivity contribution in [2.24, 2.45) is 0 Å². The molecule has 2 aliphatic rings. The van der Waals surface area contributed by atoms with Crippen molar-refractivity contribution in [2.45, 2.75) is 64.2 Å². The summed E-state index contributed by atoms with van der Waals surface area (Å²) in [4.78, 5) is 7.11. The maximum Gasteiger partial charge on any atom is 0.232 e. The summed E-state index contributed by atoms with van der Waals surface area (Å²) in [6, 6.07) is 6.39. The van der Waals surface area contributed by atoms with Gasteiger partial charge in [0.2, 0.25) is 11.7 Å². The molecule has 0 atom stereocenters. The number of ether oxygens (including phenoxy) is 1. The molecular weight excluding hydrogens is 338 g/mol. The Bertz CT molecular complexity index is 768. The van der Waals surface area contributed by atoms with E-state index in [1.807, 2.05) is 0 Å². The van der Waals surface area contributed by atoms with Crippen LogP contribution in [-0.2, 0) is 5.41 Å². The van der Waals surface area contributed by atoms with Crippen molar-refractivity contribution in [3.8, 4) is 17.1 Å². The van der Waals surface area contributed by atoms with Gasteiger partial charge in [0.15, 0.2) is 0 Å². The third-order valence-electron chi connectivity index (χ3n) is 5.47. The Balaban J connectivity index is 1.49. The van der Waals surface area contributed by atoms with Crippen LogP contribution in [-0.4, -0.2) is 41.3 Å². The summed E-state index contributed by atoms with van der Waals surface area (Å²) in [5, 5.41) is 4.19. The van der Waals surface area contributed by atoms with E-state index in [0.717, 1.165) is 24.5 Å². The minimum atomic E-state index is -0.146. The van der Waals surface area contributed by atoms with Crippen LogP contribution in [0.5, 0.6) is 5.75 Å². The molecule has 1 aliphatic heterocycles. The fourth-order valence-corrected chi connectivity index (χ4v) is 3.64. The van der Waals surface area contributed by atoms with E-state index >= 15 is 0 Å². The lowest BCUT2D eigenvalue weighted by Crippen LogP contribution is -2.33. The number of benzene rings is 1. The van der Waals surface area contributed by atoms with Crippen molar-refractivity contribution in [3.05, 3.63) is 29.7 Å². The molecule has 0 unspecified atom stereocenters. The lowest BCUT2D eigenvalue weighted by molar-refractivity contribution is 0.183. The van der Waals surface area contributed by atoms with E-state index in [4.69, 9.17) is 9.26 Å². The summed E-state index contributed by atoms with van der Waals surface area (Å²) in [6.45, 7) is 10.4. The Morgan fingerprint density at radius 2 is 1.93 bits per heavy atom. The maximum atomic E-state index is 6.25. The van der Waals surface area contributed by atoms with Crippen LogP contribution in [0.4, 0.5) is 0 Å². The SMILES string of the molecule is CC(C)(C)c1nc(-c2ccc(C3CC3)c(OCCN3CCCCC3)c2)no1. The second kappa shape index (κ2) is 7.63. The molecule has 1 aliphatic carbocycles. The summed E-state index contributed by atoms with van der Waals surface area (Å²) in [6.07, 6.45) is 6.52. The molecule has 1 aromatic carbocycles. The van der Waals surface area contributed by atoms with E-state index in [-0.39, 0.29) is 5.41 Å². The average molecular weight is 370 g/mol. The molecule has 0 bridgehead atoms. The highest BCUT2D eigenvalue weighted by atomic mass is 16.5. The summed E-state index contributed by atoms with van der Waals surface area (Å²) in [5.74, 6) is 2.95. The second-order valence-corrected chi connectivity index (χ2v) is 8.95. The van der Waals surface area contributed by atoms with Crippen molar-refractivity contribution in [1.82, 2.24) is 15.0 Å². The summed E-state index contributed by atoms with van der Waals surface area (Å²) >= 11 is 0. The Morgan fingerprint density at radius 1 is 1.15 bits per heavy atom. The van der Waals surface area contributed by atoms with E-state index in [1.165, 1.54) is 50.8 Å². The molecule has 2 fully saturated rings. The van der Waals surface area contributed by atoms with Crippen LogP contribution in [0.3, 0.4) is 0 Å². The van der Waals surface area contributed by atoms with Crippen LogP contribution in [0, 0.1) is 0 Å². The molecule has 0 radical (unpaired) electrons. The van der Waals surface area contributed by atoms with Gasteiger partial charge in [-0.2, -0.15) is 4.98 Å². The molecule has 1 aromatic heterocycles. The molecule has 2 heterocycles. The highest BCUT2D eigenvalue weighted by molar-refractivity contribution is 5.60. The Kier molecular flexibility index (Phi) is 5.22. The summed E-state index contributed by atoms with van der Waals surface area (Å²) in [5.41, 5.74) is 2.15. The smallest absolute Gasteiger partial charge is 0.232 e. The minimum absolute atomic E-state index is 0.146. The molecule has 2 aromatic rings. The Labute approximate surface area is 162 Å². The monoisotopic (exact) mass is 369 g/mol. The Hall–Kier alpha value is -1.88. The van der Waals surface area contributed by atoms with Crippen LogP contribution in [0.2, 0.25) is 0 Å². The summed E-state index contributed by atoms with van der Waals surface area (Å²) in [7, 11) is 0. The van der Waals surface area contributed by atoms with Gasteiger partial charge >= 0.3 is 0 Å². The van der Waals surface area contributed by atoms with Crippen LogP contribution in [0.25, 0.3) is 11.4 Å². The van der Waals surface area contributed by atoms with Crippen LogP contribution in [0.15, 0.2) is 22.7 Å². The fourth-order valence-electron chi connectivity index (χ4n) is 3.64. The molecule has 0 N–H and O–H groups in total. The van der Waals surface area contributed by atoms with Gasteiger partial charge in [-0.05, 0) is 56.3 Å². The maximum absolute atomic E-state index is 6.25. The number of nitrogens with zero attached hydrogens (tertiary/aromatic N) is 3. The van der Waals surface area contributed by atoms with Gasteiger partial charge in [-0.3, -0.25) is 4.90 Å². The van der Waals surface area contributed by atoms with Gasteiger partial charge in [0.1, 0.15) is 12.4 Å². The molecule has 0 amide bonds. The number of aromatic nitrogens is 2. The van der Waals surface area contributed by atoms with E-state index < -0.39 is 0 Å². The van der Waals surface area contributed by atoms with Crippen LogP contribution < -0.4 is 4.74 Å². The normalized spacial score (nSPS) is 18.6. The predicted molar refractivity (Wildman–Crippen MR) is 106 cm³/mol. The number of hydrogen-bond donors (Lipinski definition) is 0. The topological polar surface area (TPSA) is 51.4 Å². The van der Waals surface area contributed by atoms with Gasteiger partial charge in [0, 0.05) is 17.5 Å². The Morgan fingerprint density at radius 3 is 2.59 bits per heavy atom. The van der Waals surface area contributed by atoms with Crippen molar-refractivity contribution in [3.63, 3.8) is 0 Å². The minimum Gasteiger partial charge on any atom is -0.492 e. The van der Waals surface area contributed by atoms with Crippen molar-refractivity contribution < 1.29 is 9.26 Å². The first kappa shape index (κ1) is 18.5. The first-order valence-corrected chi connectivity index (χ1v) is 10.3. The van der Waals surface area contributed by atoms with Gasteiger partial charge in [-0.25, -0.2) is 0 Å². The number of piperidine rings is 1. The molecule has 146 valence electrons. The van der Waals surface area contributed by atoms with Gasteiger partial charge in [0.25, 0.3) is 0 Å². The van der Waals surface area contributed by atoms with Gasteiger partial charge in [-0.1, -0.05) is 44.5 Å². The number of rotatable bonds is 6. The van der Waals surface area contributed by atoms with E-state index in [2.05, 4.69) is 54.0 Å². The van der Waals surface area contributed by atoms with E-state index in [1.54, 1.807) is 0 Å². The average Bonchev–Trinajstić information content (AvgIpc) is 3.36. The van der Waals surface area contributed by atoms with E-state index in [9.17, 15) is 0 Å². The molecule has 0 spiro atoms. The summed E-state index contributed by atoms with van der Waals surface area (Å²) < 4.78 is 11.7. The molecule has 5 nitrogen and oxygen atoms in total. The highest BCUT2D eigenvalue weighted by Gasteiger charge is 2.28. The molecule has 4 rings (SSSR count). The standard InChI is InChI=1S/C22H31N3O2/c1-22(2,3)21-23-20(24-27-21)17-9-10-18(16-7-8-16)19(15-17)26-14-13-25-11-5-4-6-12-25/h9-10,15-16H,4-8,11-14H2,1-3H3. The van der Waals surface area contributed by atoms with Gasteiger partial charge < -0.3 is 9.26 Å². The third kappa shape index (κ3) is 4.52.